The van der Waals surface area contributed by atoms with Crippen molar-refractivity contribution in [2.75, 3.05) is 11.9 Å². The summed E-state index contributed by atoms with van der Waals surface area (Å²) < 4.78 is 3.26. The van der Waals surface area contributed by atoms with Gasteiger partial charge in [0.25, 0.3) is 11.6 Å². The highest BCUT2D eigenvalue weighted by molar-refractivity contribution is 7.16. The minimum absolute atomic E-state index is 0.146. The van der Waals surface area contributed by atoms with Crippen LogP contribution in [0.2, 0.25) is 0 Å². The predicted octanol–water partition coefficient (Wildman–Crippen LogP) is 5.25. The normalized spacial score (nSPS) is 14.2. The fraction of sp³-hybridized carbons (Fsp3) is 0.400. The van der Waals surface area contributed by atoms with E-state index in [1.54, 1.807) is 6.92 Å². The largest absolute Gasteiger partial charge is 0.462 e. The second-order valence-electron chi connectivity index (χ2n) is 7.03. The number of fused-ring (bicyclic) bond motifs is 1. The van der Waals surface area contributed by atoms with Crippen LogP contribution in [0.15, 0.2) is 24.3 Å². The Morgan fingerprint density at radius 2 is 1.88 bits per heavy atom. The summed E-state index contributed by atoms with van der Waals surface area (Å²) in [5.74, 6) is -1.08. The van der Waals surface area contributed by atoms with Crippen molar-refractivity contribution in [1.29, 1.82) is 0 Å². The van der Waals surface area contributed by atoms with Crippen molar-refractivity contribution in [3.63, 3.8) is 0 Å². The van der Waals surface area contributed by atoms with Gasteiger partial charge in [-0.15, -0.1) is 11.3 Å². The quantitative estimate of drug-likeness (QED) is 0.170. The molecule has 0 spiro atoms. The van der Waals surface area contributed by atoms with Crippen molar-refractivity contribution in [3.8, 4) is 0 Å². The zero-order chi connectivity index (χ0) is 23.5. The second-order valence-corrected chi connectivity index (χ2v) is 10.5. The second kappa shape index (κ2) is 10.2. The Labute approximate surface area is 203 Å². The van der Waals surface area contributed by atoms with Crippen LogP contribution in [0.1, 0.15) is 50.9 Å². The maximum Gasteiger partial charge on any atom is 0.341 e. The van der Waals surface area contributed by atoms with Gasteiger partial charge in [-0.1, -0.05) is 34.8 Å². The third kappa shape index (κ3) is 5.64. The summed E-state index contributed by atoms with van der Waals surface area (Å²) in [5.41, 5.74) is 1.32. The van der Waals surface area contributed by atoms with E-state index in [4.69, 9.17) is 39.5 Å². The summed E-state index contributed by atoms with van der Waals surface area (Å²) >= 11 is 19.7. The van der Waals surface area contributed by atoms with Gasteiger partial charge in [-0.3, -0.25) is 14.9 Å². The van der Waals surface area contributed by atoms with Gasteiger partial charge in [0.05, 0.1) is 17.1 Å². The van der Waals surface area contributed by atoms with Crippen molar-refractivity contribution in [2.24, 2.45) is 0 Å². The van der Waals surface area contributed by atoms with E-state index in [2.05, 4.69) is 10.6 Å². The molecule has 0 bridgehead atoms. The van der Waals surface area contributed by atoms with Gasteiger partial charge in [0.1, 0.15) is 11.2 Å². The van der Waals surface area contributed by atoms with Crippen LogP contribution in [0.5, 0.6) is 0 Å². The molecule has 1 atom stereocenters. The number of benzene rings is 1. The Hall–Kier alpha value is -2.07. The van der Waals surface area contributed by atoms with Gasteiger partial charge in [0.15, 0.2) is 0 Å². The summed E-state index contributed by atoms with van der Waals surface area (Å²) in [5, 5.41) is 16.9. The first-order valence-electron chi connectivity index (χ1n) is 9.82. The molecule has 1 aromatic heterocycles. The van der Waals surface area contributed by atoms with E-state index in [1.807, 2.05) is 0 Å². The van der Waals surface area contributed by atoms with E-state index in [1.165, 1.54) is 35.6 Å². The van der Waals surface area contributed by atoms with Crippen molar-refractivity contribution in [3.05, 3.63) is 55.9 Å². The lowest BCUT2D eigenvalue weighted by molar-refractivity contribution is -0.384. The Morgan fingerprint density at radius 3 is 2.47 bits per heavy atom. The Kier molecular flexibility index (Phi) is 7.87. The lowest BCUT2D eigenvalue weighted by Crippen LogP contribution is -2.49. The van der Waals surface area contributed by atoms with Crippen molar-refractivity contribution in [2.45, 2.75) is 42.6 Å². The molecule has 1 amide bonds. The van der Waals surface area contributed by atoms with Crippen LogP contribution in [-0.4, -0.2) is 33.4 Å². The van der Waals surface area contributed by atoms with E-state index in [0.29, 0.717) is 10.6 Å². The number of carbonyl (C=O) groups excluding carboxylic acids is 2. The number of rotatable bonds is 7. The van der Waals surface area contributed by atoms with Gasteiger partial charge >= 0.3 is 5.97 Å². The lowest BCUT2D eigenvalue weighted by atomic mass is 9.95. The van der Waals surface area contributed by atoms with Gasteiger partial charge in [0, 0.05) is 22.6 Å². The molecule has 1 aliphatic rings. The molecule has 0 saturated carbocycles. The molecule has 1 aromatic carbocycles. The number of halogens is 3. The molecule has 32 heavy (non-hydrogen) atoms. The summed E-state index contributed by atoms with van der Waals surface area (Å²) in [6, 6.07) is 5.02. The number of nitro groups is 1. The molecule has 2 N–H and O–H groups in total. The highest BCUT2D eigenvalue weighted by Gasteiger charge is 2.37. The summed E-state index contributed by atoms with van der Waals surface area (Å²) in [6.07, 6.45) is 2.36. The molecular weight excluding hydrogens is 501 g/mol. The van der Waals surface area contributed by atoms with Crippen molar-refractivity contribution >= 4 is 68.7 Å². The van der Waals surface area contributed by atoms with Crippen LogP contribution in [0.25, 0.3) is 0 Å². The number of nitrogens with one attached hydrogen (secondary N) is 2. The molecule has 0 saturated heterocycles. The summed E-state index contributed by atoms with van der Waals surface area (Å²) in [6.45, 7) is 1.94. The maximum absolute atomic E-state index is 12.7. The minimum atomic E-state index is -1.97. The molecule has 0 radical (unpaired) electrons. The monoisotopic (exact) mass is 519 g/mol. The van der Waals surface area contributed by atoms with Crippen LogP contribution in [0.4, 0.5) is 10.7 Å². The molecule has 2 aromatic rings. The van der Waals surface area contributed by atoms with Crippen LogP contribution in [-0.2, 0) is 17.6 Å². The number of aryl methyl sites for hydroxylation is 1. The average Bonchev–Trinajstić information content (AvgIpc) is 3.10. The van der Waals surface area contributed by atoms with Crippen molar-refractivity contribution in [1.82, 2.24) is 5.32 Å². The number of amides is 1. The number of ether oxygens (including phenoxy) is 1. The highest BCUT2D eigenvalue weighted by Crippen LogP contribution is 2.41. The number of nitrogens with zero attached hydrogens (tertiary/aromatic N) is 1. The highest BCUT2D eigenvalue weighted by atomic mass is 35.6. The SMILES string of the molecule is CCOC(=O)c1c(N[C@H](NC(=O)c2ccc([N+](=O)[O-])cc2)C(Cl)(Cl)Cl)sc2c1CCCC2. The van der Waals surface area contributed by atoms with Crippen LogP contribution in [0.3, 0.4) is 0 Å². The Morgan fingerprint density at radius 1 is 1.22 bits per heavy atom. The molecule has 1 heterocycles. The number of anilines is 1. The number of nitro benzene ring substituents is 1. The fourth-order valence-corrected chi connectivity index (χ4v) is 5.00. The molecule has 172 valence electrons. The summed E-state index contributed by atoms with van der Waals surface area (Å²) in [4.78, 5) is 36.7. The summed E-state index contributed by atoms with van der Waals surface area (Å²) in [7, 11) is 0. The first kappa shape index (κ1) is 24.6. The topological polar surface area (TPSA) is 111 Å². The first-order valence-corrected chi connectivity index (χ1v) is 11.8. The molecule has 1 aliphatic carbocycles. The van der Waals surface area contributed by atoms with Crippen LogP contribution in [0, 0.1) is 10.1 Å². The van der Waals surface area contributed by atoms with E-state index < -0.39 is 26.8 Å². The number of esters is 1. The molecular formula is C20H20Cl3N3O5S. The third-order valence-corrected chi connectivity index (χ3v) is 6.75. The van der Waals surface area contributed by atoms with E-state index >= 15 is 0 Å². The Balaban J connectivity index is 1.88. The van der Waals surface area contributed by atoms with Crippen molar-refractivity contribution < 1.29 is 19.2 Å². The molecule has 0 fully saturated rings. The number of non-ortho nitro benzene ring substituents is 1. The van der Waals surface area contributed by atoms with Crippen LogP contribution < -0.4 is 10.6 Å². The number of hydrogen-bond donors (Lipinski definition) is 2. The van der Waals surface area contributed by atoms with Gasteiger partial charge < -0.3 is 15.4 Å². The van der Waals surface area contributed by atoms with Crippen LogP contribution >= 0.6 is 46.1 Å². The van der Waals surface area contributed by atoms with Gasteiger partial charge in [-0.2, -0.15) is 0 Å². The first-order chi connectivity index (χ1) is 15.1. The number of alkyl halides is 3. The molecule has 8 nitrogen and oxygen atoms in total. The predicted molar refractivity (Wildman–Crippen MR) is 125 cm³/mol. The zero-order valence-corrected chi connectivity index (χ0v) is 20.0. The molecule has 0 aliphatic heterocycles. The standard InChI is InChI=1S/C20H20Cl3N3O5S/c1-2-31-18(28)15-13-5-3-4-6-14(13)32-17(15)25-19(20(21,22)23)24-16(27)11-7-9-12(10-8-11)26(29)30/h7-10,19,25H,2-6H2,1H3,(H,24,27)/t19-/m0/s1. The number of hydrogen-bond acceptors (Lipinski definition) is 7. The molecule has 12 heteroatoms. The third-order valence-electron chi connectivity index (χ3n) is 4.87. The van der Waals surface area contributed by atoms with Gasteiger partial charge in [-0.05, 0) is 50.3 Å². The van der Waals surface area contributed by atoms with E-state index in [9.17, 15) is 19.7 Å². The smallest absolute Gasteiger partial charge is 0.341 e. The minimum Gasteiger partial charge on any atom is -0.462 e. The number of carbonyl (C=O) groups is 2. The van der Waals surface area contributed by atoms with Gasteiger partial charge in [-0.25, -0.2) is 4.79 Å². The van der Waals surface area contributed by atoms with E-state index in [0.717, 1.165) is 36.1 Å². The lowest BCUT2D eigenvalue weighted by Gasteiger charge is -2.27. The average molecular weight is 521 g/mol. The zero-order valence-electron chi connectivity index (χ0n) is 17.0. The molecule has 0 unspecified atom stereocenters. The molecule has 3 rings (SSSR count). The van der Waals surface area contributed by atoms with Gasteiger partial charge in [0.2, 0.25) is 3.79 Å². The Bertz CT molecular complexity index is 1020. The number of thiophene rings is 1. The van der Waals surface area contributed by atoms with E-state index in [-0.39, 0.29) is 17.9 Å². The maximum atomic E-state index is 12.7. The fourth-order valence-electron chi connectivity index (χ4n) is 3.37.